The van der Waals surface area contributed by atoms with E-state index in [1.807, 2.05) is 0 Å². The van der Waals surface area contributed by atoms with E-state index in [2.05, 4.69) is 5.32 Å². The average molecular weight is 367 g/mol. The van der Waals surface area contributed by atoms with E-state index in [1.165, 1.54) is 30.4 Å². The maximum atomic E-state index is 11.8. The molecule has 0 bridgehead atoms. The van der Waals surface area contributed by atoms with Gasteiger partial charge >= 0.3 is 0 Å². The number of carbonyl (C=O) groups is 1. The number of benzene rings is 2. The van der Waals surface area contributed by atoms with Crippen molar-refractivity contribution in [3.8, 4) is 5.75 Å². The number of nitrogens with zero attached hydrogens (tertiary/aromatic N) is 1. The Morgan fingerprint density at radius 3 is 2.54 bits per heavy atom. The molecule has 0 radical (unpaired) electrons. The first-order valence-corrected chi connectivity index (χ1v) is 7.50. The van der Waals surface area contributed by atoms with Crippen LogP contribution in [0.15, 0.2) is 42.5 Å². The fourth-order valence-corrected chi connectivity index (χ4v) is 2.42. The molecule has 0 atom stereocenters. The maximum Gasteiger partial charge on any atom is 0.270 e. The van der Waals surface area contributed by atoms with E-state index < -0.39 is 10.8 Å². The number of nitro groups is 1. The molecule has 0 aliphatic heterocycles. The number of nitrogens with one attached hydrogen (secondary N) is 1. The Balaban J connectivity index is 2.05. The number of phenolic OH excluding ortho intramolecular Hbond substituents is 1. The summed E-state index contributed by atoms with van der Waals surface area (Å²) in [5, 5.41) is 23.7. The maximum absolute atomic E-state index is 11.8. The Hall–Kier alpha value is -2.57. The number of hydrogen-bond donors (Lipinski definition) is 2. The Labute approximate surface area is 147 Å². The third-order valence-electron chi connectivity index (χ3n) is 3.13. The highest BCUT2D eigenvalue weighted by Crippen LogP contribution is 2.25. The van der Waals surface area contributed by atoms with Gasteiger partial charge < -0.3 is 10.4 Å². The first kappa shape index (κ1) is 17.8. The summed E-state index contributed by atoms with van der Waals surface area (Å²) in [5.41, 5.74) is 0.575. The zero-order valence-electron chi connectivity index (χ0n) is 12.2. The summed E-state index contributed by atoms with van der Waals surface area (Å²) < 4.78 is 0. The molecule has 0 spiro atoms. The molecule has 6 nitrogen and oxygen atoms in total. The summed E-state index contributed by atoms with van der Waals surface area (Å²) in [6, 6.07) is 8.56. The lowest BCUT2D eigenvalue weighted by Crippen LogP contribution is -2.20. The van der Waals surface area contributed by atoms with Gasteiger partial charge in [-0.1, -0.05) is 29.3 Å². The summed E-state index contributed by atoms with van der Waals surface area (Å²) in [6.07, 6.45) is 2.70. The number of nitro benzene ring substituents is 1. The third kappa shape index (κ3) is 4.47. The minimum Gasteiger partial charge on any atom is -0.508 e. The number of carbonyl (C=O) groups excluding carboxylic acids is 1. The standard InChI is InChI=1S/C16H12Cl2N2O4/c17-13-2-1-3-14(18)12(13)5-7-16(22)19-9-10-8-11(20(23)24)4-6-15(10)21/h1-8,21H,9H2,(H,19,22)/b7-5+. The predicted molar refractivity (Wildman–Crippen MR) is 92.1 cm³/mol. The van der Waals surface area contributed by atoms with Crippen LogP contribution in [0.5, 0.6) is 5.75 Å². The molecule has 0 aromatic heterocycles. The number of non-ortho nitro benzene ring substituents is 1. The highest BCUT2D eigenvalue weighted by Gasteiger charge is 2.10. The van der Waals surface area contributed by atoms with Crippen molar-refractivity contribution in [2.45, 2.75) is 6.54 Å². The van der Waals surface area contributed by atoms with E-state index in [9.17, 15) is 20.0 Å². The molecule has 0 saturated carbocycles. The number of hydrogen-bond acceptors (Lipinski definition) is 4. The van der Waals surface area contributed by atoms with Crippen molar-refractivity contribution < 1.29 is 14.8 Å². The van der Waals surface area contributed by atoms with Gasteiger partial charge in [0.25, 0.3) is 5.69 Å². The first-order valence-electron chi connectivity index (χ1n) is 6.74. The van der Waals surface area contributed by atoms with E-state index in [-0.39, 0.29) is 23.5 Å². The molecule has 0 heterocycles. The van der Waals surface area contributed by atoms with E-state index in [1.54, 1.807) is 18.2 Å². The minimum atomic E-state index is -0.579. The van der Waals surface area contributed by atoms with Crippen LogP contribution in [0.4, 0.5) is 5.69 Å². The average Bonchev–Trinajstić information content (AvgIpc) is 2.53. The van der Waals surface area contributed by atoms with Gasteiger partial charge in [0.15, 0.2) is 0 Å². The number of halogens is 2. The van der Waals surface area contributed by atoms with E-state index in [0.717, 1.165) is 0 Å². The van der Waals surface area contributed by atoms with Gasteiger partial charge in [-0.25, -0.2) is 0 Å². The SMILES string of the molecule is O=C(/C=C/c1c(Cl)cccc1Cl)NCc1cc([N+](=O)[O-])ccc1O. The van der Waals surface area contributed by atoms with Crippen LogP contribution in [-0.4, -0.2) is 15.9 Å². The highest BCUT2D eigenvalue weighted by atomic mass is 35.5. The fourth-order valence-electron chi connectivity index (χ4n) is 1.90. The fraction of sp³-hybridized carbons (Fsp3) is 0.0625. The van der Waals surface area contributed by atoms with Crippen molar-refractivity contribution in [2.75, 3.05) is 0 Å². The summed E-state index contributed by atoms with van der Waals surface area (Å²) in [4.78, 5) is 22.0. The largest absolute Gasteiger partial charge is 0.508 e. The molecule has 124 valence electrons. The number of rotatable bonds is 5. The Morgan fingerprint density at radius 1 is 1.25 bits per heavy atom. The second kappa shape index (κ2) is 7.81. The number of amides is 1. The van der Waals surface area contributed by atoms with Gasteiger partial charge in [0.2, 0.25) is 5.91 Å². The quantitative estimate of drug-likeness (QED) is 0.476. The van der Waals surface area contributed by atoms with Crippen LogP contribution in [0.1, 0.15) is 11.1 Å². The molecule has 2 rings (SSSR count). The van der Waals surface area contributed by atoms with Crippen LogP contribution in [-0.2, 0) is 11.3 Å². The van der Waals surface area contributed by atoms with Crippen molar-refractivity contribution in [2.24, 2.45) is 0 Å². The Morgan fingerprint density at radius 2 is 1.92 bits per heavy atom. The van der Waals surface area contributed by atoms with Crippen molar-refractivity contribution in [1.29, 1.82) is 0 Å². The normalized spacial score (nSPS) is 10.8. The Kier molecular flexibility index (Phi) is 5.78. The molecule has 0 aliphatic carbocycles. The van der Waals surface area contributed by atoms with E-state index in [0.29, 0.717) is 15.6 Å². The van der Waals surface area contributed by atoms with Crippen LogP contribution < -0.4 is 5.32 Å². The minimum absolute atomic E-state index is 0.0626. The zero-order chi connectivity index (χ0) is 17.7. The predicted octanol–water partition coefficient (Wildman–Crippen LogP) is 3.94. The molecule has 0 saturated heterocycles. The molecular weight excluding hydrogens is 355 g/mol. The van der Waals surface area contributed by atoms with Crippen molar-refractivity contribution >= 4 is 40.9 Å². The van der Waals surface area contributed by atoms with Crippen LogP contribution in [0, 0.1) is 10.1 Å². The topological polar surface area (TPSA) is 92.5 Å². The second-order valence-corrected chi connectivity index (χ2v) is 5.57. The van der Waals surface area contributed by atoms with E-state index >= 15 is 0 Å². The summed E-state index contributed by atoms with van der Waals surface area (Å²) in [5.74, 6) is -0.601. The summed E-state index contributed by atoms with van der Waals surface area (Å²) in [6.45, 7) is -0.0626. The zero-order valence-corrected chi connectivity index (χ0v) is 13.7. The van der Waals surface area contributed by atoms with Crippen LogP contribution in [0.25, 0.3) is 6.08 Å². The molecule has 0 aliphatic rings. The molecule has 2 aromatic carbocycles. The van der Waals surface area contributed by atoms with Crippen LogP contribution >= 0.6 is 23.2 Å². The molecule has 1 amide bonds. The van der Waals surface area contributed by atoms with Gasteiger partial charge in [0, 0.05) is 45.9 Å². The molecule has 0 unspecified atom stereocenters. The third-order valence-corrected chi connectivity index (χ3v) is 3.79. The lowest BCUT2D eigenvalue weighted by molar-refractivity contribution is -0.384. The van der Waals surface area contributed by atoms with Gasteiger partial charge in [0.1, 0.15) is 5.75 Å². The van der Waals surface area contributed by atoms with Crippen molar-refractivity contribution in [3.05, 3.63) is 73.8 Å². The first-order chi connectivity index (χ1) is 11.4. The van der Waals surface area contributed by atoms with Crippen LogP contribution in [0.3, 0.4) is 0 Å². The summed E-state index contributed by atoms with van der Waals surface area (Å²) in [7, 11) is 0. The smallest absolute Gasteiger partial charge is 0.270 e. The molecule has 0 fully saturated rings. The molecular formula is C16H12Cl2N2O4. The second-order valence-electron chi connectivity index (χ2n) is 4.76. The van der Waals surface area contributed by atoms with E-state index in [4.69, 9.17) is 23.2 Å². The molecule has 2 aromatic rings. The van der Waals surface area contributed by atoms with Gasteiger partial charge in [-0.15, -0.1) is 0 Å². The number of aromatic hydroxyl groups is 1. The molecule has 24 heavy (non-hydrogen) atoms. The van der Waals surface area contributed by atoms with Crippen molar-refractivity contribution in [1.82, 2.24) is 5.32 Å². The van der Waals surface area contributed by atoms with Crippen molar-refractivity contribution in [3.63, 3.8) is 0 Å². The van der Waals surface area contributed by atoms with Gasteiger partial charge in [-0.3, -0.25) is 14.9 Å². The van der Waals surface area contributed by atoms with Gasteiger partial charge in [0.05, 0.1) is 4.92 Å². The Bertz CT molecular complexity index is 801. The van der Waals surface area contributed by atoms with Crippen LogP contribution in [0.2, 0.25) is 10.0 Å². The molecule has 8 heteroatoms. The monoisotopic (exact) mass is 366 g/mol. The number of phenols is 1. The molecule has 2 N–H and O–H groups in total. The lowest BCUT2D eigenvalue weighted by Gasteiger charge is -2.05. The van der Waals surface area contributed by atoms with Gasteiger partial charge in [-0.2, -0.15) is 0 Å². The van der Waals surface area contributed by atoms with Gasteiger partial charge in [-0.05, 0) is 24.3 Å². The highest BCUT2D eigenvalue weighted by molar-refractivity contribution is 6.37. The summed E-state index contributed by atoms with van der Waals surface area (Å²) >= 11 is 12.0. The lowest BCUT2D eigenvalue weighted by atomic mass is 10.1.